The van der Waals surface area contributed by atoms with Gasteiger partial charge in [0.1, 0.15) is 0 Å². The lowest BCUT2D eigenvalue weighted by atomic mass is 10.1. The Labute approximate surface area is 129 Å². The number of hydrogen-bond acceptors (Lipinski definition) is 2. The Bertz CT molecular complexity index is 295. The van der Waals surface area contributed by atoms with E-state index in [1.54, 1.807) is 0 Å². The number of unbranched alkanes of at least 4 members (excludes halogenated alkanes) is 7. The number of aliphatic hydroxyl groups is 1. The smallest absolute Gasteiger partial charge is 0.303 e. The quantitative estimate of drug-likeness (QED) is 0.355. The van der Waals surface area contributed by atoms with E-state index in [9.17, 15) is 9.90 Å². The number of rotatable bonds is 14. The highest BCUT2D eigenvalue weighted by Crippen LogP contribution is 2.08. The van der Waals surface area contributed by atoms with Gasteiger partial charge in [-0.2, -0.15) is 0 Å². The maximum absolute atomic E-state index is 10.3. The van der Waals surface area contributed by atoms with Crippen LogP contribution in [0.4, 0.5) is 0 Å². The average Bonchev–Trinajstić information content (AvgIpc) is 2.45. The summed E-state index contributed by atoms with van der Waals surface area (Å²) >= 11 is 0. The molecular formula is C18H32O3. The minimum Gasteiger partial charge on any atom is -0.481 e. The molecule has 0 spiro atoms. The Kier molecular flexibility index (Phi) is 14.5. The lowest BCUT2D eigenvalue weighted by molar-refractivity contribution is -0.137. The van der Waals surface area contributed by atoms with Gasteiger partial charge >= 0.3 is 5.97 Å². The molecule has 1 atom stereocenters. The SMILES string of the molecule is CCCCC=CC(O)CC=CCCCCCCCC(=O)O. The van der Waals surface area contributed by atoms with Gasteiger partial charge in [-0.05, 0) is 32.1 Å². The summed E-state index contributed by atoms with van der Waals surface area (Å²) < 4.78 is 0. The second-order valence-corrected chi connectivity index (χ2v) is 5.55. The highest BCUT2D eigenvalue weighted by atomic mass is 16.4. The van der Waals surface area contributed by atoms with E-state index in [-0.39, 0.29) is 6.10 Å². The molecule has 0 amide bonds. The van der Waals surface area contributed by atoms with Crippen LogP contribution in [0.5, 0.6) is 0 Å². The first kappa shape index (κ1) is 19.9. The minimum absolute atomic E-state index is 0.295. The van der Waals surface area contributed by atoms with Crippen molar-refractivity contribution in [3.05, 3.63) is 24.3 Å². The molecule has 0 aromatic carbocycles. The van der Waals surface area contributed by atoms with Crippen molar-refractivity contribution in [2.75, 3.05) is 0 Å². The highest BCUT2D eigenvalue weighted by Gasteiger charge is 1.96. The fourth-order valence-electron chi connectivity index (χ4n) is 2.08. The maximum Gasteiger partial charge on any atom is 0.303 e. The zero-order chi connectivity index (χ0) is 15.8. The first-order valence-electron chi connectivity index (χ1n) is 8.38. The van der Waals surface area contributed by atoms with Gasteiger partial charge in [0, 0.05) is 6.42 Å². The Morgan fingerprint density at radius 2 is 1.62 bits per heavy atom. The van der Waals surface area contributed by atoms with Crippen LogP contribution in [-0.2, 0) is 4.79 Å². The van der Waals surface area contributed by atoms with Crippen molar-refractivity contribution in [2.24, 2.45) is 0 Å². The van der Waals surface area contributed by atoms with E-state index in [1.165, 1.54) is 12.8 Å². The van der Waals surface area contributed by atoms with Crippen LogP contribution in [0.1, 0.15) is 77.6 Å². The summed E-state index contributed by atoms with van der Waals surface area (Å²) in [5.74, 6) is -0.694. The molecule has 0 fully saturated rings. The third-order valence-electron chi connectivity index (χ3n) is 3.39. The van der Waals surface area contributed by atoms with Gasteiger partial charge in [0.25, 0.3) is 0 Å². The lowest BCUT2D eigenvalue weighted by Crippen LogP contribution is -1.99. The number of allylic oxidation sites excluding steroid dienone is 2. The van der Waals surface area contributed by atoms with Crippen molar-refractivity contribution >= 4 is 5.97 Å². The van der Waals surface area contributed by atoms with Crippen LogP contribution >= 0.6 is 0 Å². The number of carboxylic acids is 1. The van der Waals surface area contributed by atoms with Gasteiger partial charge in [0.05, 0.1) is 6.10 Å². The van der Waals surface area contributed by atoms with E-state index in [0.717, 1.165) is 44.9 Å². The van der Waals surface area contributed by atoms with Gasteiger partial charge in [-0.15, -0.1) is 0 Å². The topological polar surface area (TPSA) is 57.5 Å². The molecule has 3 nitrogen and oxygen atoms in total. The summed E-state index contributed by atoms with van der Waals surface area (Å²) in [6.07, 6.45) is 18.5. The molecule has 0 radical (unpaired) electrons. The van der Waals surface area contributed by atoms with E-state index < -0.39 is 5.97 Å². The molecule has 21 heavy (non-hydrogen) atoms. The third-order valence-corrected chi connectivity index (χ3v) is 3.39. The van der Waals surface area contributed by atoms with Gasteiger partial charge in [-0.1, -0.05) is 63.3 Å². The van der Waals surface area contributed by atoms with Crippen molar-refractivity contribution in [1.29, 1.82) is 0 Å². The molecule has 1 unspecified atom stereocenters. The van der Waals surface area contributed by atoms with Crippen LogP contribution in [0.25, 0.3) is 0 Å². The predicted molar refractivity (Wildman–Crippen MR) is 88.4 cm³/mol. The summed E-state index contributed by atoms with van der Waals surface area (Å²) in [7, 11) is 0. The van der Waals surface area contributed by atoms with Crippen LogP contribution in [0.15, 0.2) is 24.3 Å². The summed E-state index contributed by atoms with van der Waals surface area (Å²) in [6, 6.07) is 0. The van der Waals surface area contributed by atoms with Crippen LogP contribution < -0.4 is 0 Å². The van der Waals surface area contributed by atoms with Crippen molar-refractivity contribution in [2.45, 2.75) is 83.7 Å². The van der Waals surface area contributed by atoms with Gasteiger partial charge in [-0.25, -0.2) is 0 Å². The van der Waals surface area contributed by atoms with Crippen molar-refractivity contribution in [1.82, 2.24) is 0 Å². The summed E-state index contributed by atoms with van der Waals surface area (Å²) in [5.41, 5.74) is 0. The molecule has 0 heterocycles. The zero-order valence-electron chi connectivity index (χ0n) is 13.5. The molecule has 0 aliphatic heterocycles. The lowest BCUT2D eigenvalue weighted by Gasteiger charge is -2.01. The summed E-state index contributed by atoms with van der Waals surface area (Å²) in [5, 5.41) is 18.2. The first-order valence-corrected chi connectivity index (χ1v) is 8.38. The second-order valence-electron chi connectivity index (χ2n) is 5.55. The Morgan fingerprint density at radius 1 is 0.952 bits per heavy atom. The molecule has 0 saturated carbocycles. The Balaban J connectivity index is 3.35. The number of aliphatic carboxylic acids is 1. The van der Waals surface area contributed by atoms with Crippen LogP contribution in [0, 0.1) is 0 Å². The number of hydrogen-bond donors (Lipinski definition) is 2. The Hall–Kier alpha value is -1.09. The second kappa shape index (κ2) is 15.3. The van der Waals surface area contributed by atoms with E-state index in [1.807, 2.05) is 6.08 Å². The van der Waals surface area contributed by atoms with Gasteiger partial charge < -0.3 is 10.2 Å². The molecule has 0 rings (SSSR count). The first-order chi connectivity index (χ1) is 10.2. The number of aliphatic hydroxyl groups excluding tert-OH is 1. The molecule has 0 bridgehead atoms. The van der Waals surface area contributed by atoms with E-state index in [2.05, 4.69) is 25.2 Å². The van der Waals surface area contributed by atoms with Gasteiger partial charge in [0.15, 0.2) is 0 Å². The average molecular weight is 296 g/mol. The van der Waals surface area contributed by atoms with Crippen molar-refractivity contribution < 1.29 is 15.0 Å². The number of carboxylic acid groups (broad SMARTS) is 1. The van der Waals surface area contributed by atoms with Gasteiger partial charge in [0.2, 0.25) is 0 Å². The Morgan fingerprint density at radius 3 is 2.33 bits per heavy atom. The maximum atomic E-state index is 10.3. The normalized spacial score (nSPS) is 13.2. The zero-order valence-corrected chi connectivity index (χ0v) is 13.5. The van der Waals surface area contributed by atoms with Crippen molar-refractivity contribution in [3.8, 4) is 0 Å². The van der Waals surface area contributed by atoms with Crippen LogP contribution in [0.2, 0.25) is 0 Å². The molecule has 0 aliphatic carbocycles. The summed E-state index contributed by atoms with van der Waals surface area (Å²) in [6.45, 7) is 2.17. The van der Waals surface area contributed by atoms with E-state index in [0.29, 0.717) is 12.8 Å². The largest absolute Gasteiger partial charge is 0.481 e. The predicted octanol–water partition coefficient (Wildman–Crippen LogP) is 4.86. The van der Waals surface area contributed by atoms with E-state index in [4.69, 9.17) is 5.11 Å². The fourth-order valence-corrected chi connectivity index (χ4v) is 2.08. The molecule has 3 heteroatoms. The standard InChI is InChI=1S/C18H32O3/c1-2-3-4-11-14-17(19)15-12-9-7-5-6-8-10-13-16-18(20)21/h9,11-12,14,17,19H,2-8,10,13,15-16H2,1H3,(H,20,21). The van der Waals surface area contributed by atoms with Crippen LogP contribution in [0.3, 0.4) is 0 Å². The van der Waals surface area contributed by atoms with Crippen molar-refractivity contribution in [3.63, 3.8) is 0 Å². The molecule has 0 aromatic heterocycles. The van der Waals surface area contributed by atoms with Crippen LogP contribution in [-0.4, -0.2) is 22.3 Å². The van der Waals surface area contributed by atoms with Gasteiger partial charge in [-0.3, -0.25) is 4.79 Å². The molecule has 0 aromatic rings. The minimum atomic E-state index is -0.694. The molecule has 0 saturated heterocycles. The molecule has 2 N–H and O–H groups in total. The summed E-state index contributed by atoms with van der Waals surface area (Å²) in [4.78, 5) is 10.3. The molecular weight excluding hydrogens is 264 g/mol. The number of carbonyl (C=O) groups is 1. The fraction of sp³-hybridized carbons (Fsp3) is 0.722. The monoisotopic (exact) mass is 296 g/mol. The third kappa shape index (κ3) is 16.9. The highest BCUT2D eigenvalue weighted by molar-refractivity contribution is 5.66. The van der Waals surface area contributed by atoms with E-state index >= 15 is 0 Å². The molecule has 122 valence electrons. The molecule has 0 aliphatic rings.